The highest BCUT2D eigenvalue weighted by Crippen LogP contribution is 2.39. The van der Waals surface area contributed by atoms with E-state index in [1.54, 1.807) is 12.1 Å². The maximum atomic E-state index is 12.7. The highest BCUT2D eigenvalue weighted by Gasteiger charge is 2.21. The Hall–Kier alpha value is -4.59. The molecular formula is C25H28N6O5. The number of hydrogen-bond acceptors (Lipinski definition) is 8. The number of methoxy groups -OCH3 is 3. The summed E-state index contributed by atoms with van der Waals surface area (Å²) in [7, 11) is 4.39. The molecule has 0 aliphatic rings. The molecule has 11 nitrogen and oxygen atoms in total. The summed E-state index contributed by atoms with van der Waals surface area (Å²) in [4.78, 5) is 25.3. The topological polar surface area (TPSA) is 140 Å². The van der Waals surface area contributed by atoms with Gasteiger partial charge in [0.05, 0.1) is 45.7 Å². The van der Waals surface area contributed by atoms with Gasteiger partial charge in [0.15, 0.2) is 17.2 Å². The normalized spacial score (nSPS) is 11.2. The van der Waals surface area contributed by atoms with E-state index in [9.17, 15) is 14.9 Å². The summed E-state index contributed by atoms with van der Waals surface area (Å²) in [6.07, 6.45) is 2.34. The van der Waals surface area contributed by atoms with Crippen molar-refractivity contribution >= 4 is 11.8 Å². The molecular weight excluding hydrogens is 464 g/mol. The number of ether oxygens (including phenoxy) is 3. The first-order valence-corrected chi connectivity index (χ1v) is 11.2. The number of carbonyl (C=O) groups excluding carboxylic acids is 2. The average molecular weight is 493 g/mol. The molecule has 0 aliphatic carbocycles. The molecule has 36 heavy (non-hydrogen) atoms. The van der Waals surface area contributed by atoms with Crippen molar-refractivity contribution in [2.24, 2.45) is 0 Å². The van der Waals surface area contributed by atoms with E-state index in [0.717, 1.165) is 12.0 Å². The Kier molecular flexibility index (Phi) is 8.83. The third kappa shape index (κ3) is 5.90. The highest BCUT2D eigenvalue weighted by atomic mass is 16.5. The van der Waals surface area contributed by atoms with Crippen LogP contribution in [0.5, 0.6) is 17.2 Å². The fourth-order valence-electron chi connectivity index (χ4n) is 3.51. The van der Waals surface area contributed by atoms with Crippen LogP contribution >= 0.6 is 0 Å². The van der Waals surface area contributed by atoms with E-state index in [-0.39, 0.29) is 36.0 Å². The molecule has 2 amide bonds. The zero-order chi connectivity index (χ0) is 26.1. The number of aryl methyl sites for hydroxylation is 1. The Morgan fingerprint density at radius 3 is 2.36 bits per heavy atom. The Bertz CT molecular complexity index is 1250. The number of nitrogens with one attached hydrogen (secondary N) is 2. The third-order valence-electron chi connectivity index (χ3n) is 5.47. The van der Waals surface area contributed by atoms with Crippen LogP contribution in [0.2, 0.25) is 0 Å². The fraction of sp³-hybridized carbons (Fsp3) is 0.320. The lowest BCUT2D eigenvalue weighted by molar-refractivity contribution is 0.0934. The van der Waals surface area contributed by atoms with Crippen molar-refractivity contribution in [1.82, 2.24) is 25.6 Å². The lowest BCUT2D eigenvalue weighted by Gasteiger charge is -2.15. The van der Waals surface area contributed by atoms with E-state index in [1.807, 2.05) is 31.2 Å². The second kappa shape index (κ2) is 12.2. The van der Waals surface area contributed by atoms with Gasteiger partial charge >= 0.3 is 0 Å². The van der Waals surface area contributed by atoms with E-state index in [1.165, 1.54) is 32.2 Å². The van der Waals surface area contributed by atoms with Crippen molar-refractivity contribution in [3.63, 3.8) is 0 Å². The zero-order valence-corrected chi connectivity index (χ0v) is 20.6. The molecule has 11 heteroatoms. The van der Waals surface area contributed by atoms with Crippen molar-refractivity contribution in [2.75, 3.05) is 27.9 Å². The van der Waals surface area contributed by atoms with Gasteiger partial charge in [0, 0.05) is 6.54 Å². The molecule has 1 aromatic heterocycles. The van der Waals surface area contributed by atoms with Crippen LogP contribution in [0.1, 0.15) is 44.9 Å². The van der Waals surface area contributed by atoms with Crippen LogP contribution in [0, 0.1) is 11.3 Å². The minimum atomic E-state index is -0.815. The molecule has 0 saturated carbocycles. The predicted octanol–water partition coefficient (Wildman–Crippen LogP) is 2.29. The quantitative estimate of drug-likeness (QED) is 0.415. The summed E-state index contributed by atoms with van der Waals surface area (Å²) in [5.74, 6) is 0.112. The second-order valence-electron chi connectivity index (χ2n) is 7.64. The van der Waals surface area contributed by atoms with Crippen LogP contribution in [-0.4, -0.2) is 54.7 Å². The number of amides is 2. The Morgan fingerprint density at radius 2 is 1.75 bits per heavy atom. The van der Waals surface area contributed by atoms with E-state index in [0.29, 0.717) is 17.1 Å². The van der Waals surface area contributed by atoms with Gasteiger partial charge in [-0.3, -0.25) is 9.59 Å². The molecule has 188 valence electrons. The van der Waals surface area contributed by atoms with Gasteiger partial charge in [-0.25, -0.2) is 4.68 Å². The molecule has 3 aromatic rings. The van der Waals surface area contributed by atoms with E-state index in [2.05, 4.69) is 27.0 Å². The molecule has 1 atom stereocenters. The first-order chi connectivity index (χ1) is 17.4. The summed E-state index contributed by atoms with van der Waals surface area (Å²) in [5, 5.41) is 22.7. The number of rotatable bonds is 11. The molecule has 2 aromatic carbocycles. The summed E-state index contributed by atoms with van der Waals surface area (Å²) < 4.78 is 17.3. The first kappa shape index (κ1) is 26.0. The van der Waals surface area contributed by atoms with Gasteiger partial charge in [-0.1, -0.05) is 36.4 Å². The molecule has 0 bridgehead atoms. The highest BCUT2D eigenvalue weighted by molar-refractivity contribution is 5.98. The first-order valence-electron chi connectivity index (χ1n) is 11.2. The van der Waals surface area contributed by atoms with Gasteiger partial charge in [0.2, 0.25) is 5.75 Å². The lowest BCUT2D eigenvalue weighted by Crippen LogP contribution is -2.28. The molecule has 0 spiro atoms. The Balaban J connectivity index is 1.58. The number of carbonyl (C=O) groups is 2. The Labute approximate surface area is 209 Å². The fourth-order valence-corrected chi connectivity index (χ4v) is 3.51. The average Bonchev–Trinajstić information content (AvgIpc) is 3.39. The standard InChI is InChI=1S/C25H28N6O5/c1-5-16-6-8-17(9-7-16)19(14-26)28-25(33)20-15-31(30-29-20)13-12-27-24(32)18-10-11-21(34-2)23(36-4)22(18)35-3/h6-11,15,19H,5,12-13H2,1-4H3,(H,27,32)(H,28,33)/t19-/m0/s1. The van der Waals surface area contributed by atoms with Crippen molar-refractivity contribution in [1.29, 1.82) is 5.26 Å². The maximum Gasteiger partial charge on any atom is 0.274 e. The smallest absolute Gasteiger partial charge is 0.274 e. The number of benzene rings is 2. The summed E-state index contributed by atoms with van der Waals surface area (Å²) in [5.41, 5.74) is 2.17. The molecule has 0 unspecified atom stereocenters. The minimum absolute atomic E-state index is 0.0633. The number of aromatic nitrogens is 3. The van der Waals surface area contributed by atoms with Gasteiger partial charge in [0.1, 0.15) is 6.04 Å². The van der Waals surface area contributed by atoms with Crippen LogP contribution in [0.4, 0.5) is 0 Å². The summed E-state index contributed by atoms with van der Waals surface area (Å²) in [6, 6.07) is 12.0. The number of hydrogen-bond donors (Lipinski definition) is 2. The molecule has 3 rings (SSSR count). The van der Waals surface area contributed by atoms with Crippen LogP contribution in [0.25, 0.3) is 0 Å². The van der Waals surface area contributed by atoms with Gasteiger partial charge in [-0.15, -0.1) is 5.10 Å². The molecule has 0 radical (unpaired) electrons. The van der Waals surface area contributed by atoms with Gasteiger partial charge < -0.3 is 24.8 Å². The number of nitriles is 1. The molecule has 1 heterocycles. The maximum absolute atomic E-state index is 12.7. The molecule has 0 aliphatic heterocycles. The number of nitrogens with zero attached hydrogens (tertiary/aromatic N) is 4. The monoisotopic (exact) mass is 492 g/mol. The van der Waals surface area contributed by atoms with Crippen LogP contribution in [-0.2, 0) is 13.0 Å². The largest absolute Gasteiger partial charge is 0.493 e. The molecule has 2 N–H and O–H groups in total. The lowest BCUT2D eigenvalue weighted by atomic mass is 10.0. The Morgan fingerprint density at radius 1 is 1.03 bits per heavy atom. The van der Waals surface area contributed by atoms with E-state index >= 15 is 0 Å². The SMILES string of the molecule is CCc1ccc([C@H](C#N)NC(=O)c2cn(CCNC(=O)c3ccc(OC)c(OC)c3OC)nn2)cc1. The van der Waals surface area contributed by atoms with Crippen molar-refractivity contribution in [3.8, 4) is 23.3 Å². The van der Waals surface area contributed by atoms with Crippen molar-refractivity contribution in [2.45, 2.75) is 25.9 Å². The van der Waals surface area contributed by atoms with Crippen LogP contribution < -0.4 is 24.8 Å². The van der Waals surface area contributed by atoms with Gasteiger partial charge in [-0.05, 0) is 29.7 Å². The molecule has 0 fully saturated rings. The minimum Gasteiger partial charge on any atom is -0.493 e. The van der Waals surface area contributed by atoms with Crippen LogP contribution in [0.3, 0.4) is 0 Å². The van der Waals surface area contributed by atoms with Gasteiger partial charge in [-0.2, -0.15) is 5.26 Å². The van der Waals surface area contributed by atoms with Crippen LogP contribution in [0.15, 0.2) is 42.6 Å². The van der Waals surface area contributed by atoms with E-state index in [4.69, 9.17) is 14.2 Å². The molecule has 0 saturated heterocycles. The van der Waals surface area contributed by atoms with Gasteiger partial charge in [0.25, 0.3) is 11.8 Å². The third-order valence-corrected chi connectivity index (χ3v) is 5.47. The van der Waals surface area contributed by atoms with E-state index < -0.39 is 11.9 Å². The predicted molar refractivity (Wildman–Crippen MR) is 130 cm³/mol. The van der Waals surface area contributed by atoms with Crippen molar-refractivity contribution < 1.29 is 23.8 Å². The second-order valence-corrected chi connectivity index (χ2v) is 7.64. The zero-order valence-electron chi connectivity index (χ0n) is 20.6. The summed E-state index contributed by atoms with van der Waals surface area (Å²) >= 11 is 0. The summed E-state index contributed by atoms with van der Waals surface area (Å²) in [6.45, 7) is 2.52. The van der Waals surface area contributed by atoms with Crippen molar-refractivity contribution in [3.05, 3.63) is 65.0 Å².